The van der Waals surface area contributed by atoms with Crippen LogP contribution in [0.25, 0.3) is 11.0 Å². The molecule has 0 radical (unpaired) electrons. The fourth-order valence-electron chi connectivity index (χ4n) is 2.31. The number of amides is 1. The number of benzene rings is 1. The predicted molar refractivity (Wildman–Crippen MR) is 90.6 cm³/mol. The number of rotatable bonds is 4. The number of ether oxygens (including phenoxy) is 1. The molecule has 6 nitrogen and oxygen atoms in total. The number of alkyl halides is 2. The smallest absolute Gasteiger partial charge is 0.413 e. The van der Waals surface area contributed by atoms with Crippen LogP contribution in [0.4, 0.5) is 10.7 Å². The van der Waals surface area contributed by atoms with Gasteiger partial charge in [-0.2, -0.15) is 0 Å². The largest absolute Gasteiger partial charge is 0.453 e. The molecular formula is C14H15Cl2N3O3S. The van der Waals surface area contributed by atoms with E-state index in [1.165, 1.54) is 7.11 Å². The molecule has 2 aromatic rings. The van der Waals surface area contributed by atoms with Gasteiger partial charge in [-0.15, -0.1) is 23.2 Å². The molecule has 1 aromatic heterocycles. The monoisotopic (exact) mass is 375 g/mol. The Hall–Kier alpha value is -1.31. The SMILES string of the molecule is COC(=O)Nc1nc2ccc(S(=O)CC3(C)CC3(Cl)Cl)cc2[nH]1. The molecule has 1 amide bonds. The Labute approximate surface area is 145 Å². The minimum atomic E-state index is -1.22. The fraction of sp³-hybridized carbons (Fsp3) is 0.429. The Morgan fingerprint density at radius 3 is 2.83 bits per heavy atom. The minimum absolute atomic E-state index is 0.268. The molecule has 3 rings (SSSR count). The van der Waals surface area contributed by atoms with E-state index in [-0.39, 0.29) is 11.4 Å². The summed E-state index contributed by atoms with van der Waals surface area (Å²) >= 11 is 12.2. The van der Waals surface area contributed by atoms with Crippen LogP contribution in [0.2, 0.25) is 0 Å². The van der Waals surface area contributed by atoms with Crippen LogP contribution in [0.1, 0.15) is 13.3 Å². The number of nitrogens with zero attached hydrogens (tertiary/aromatic N) is 1. The van der Waals surface area contributed by atoms with Crippen molar-refractivity contribution in [3.05, 3.63) is 18.2 Å². The summed E-state index contributed by atoms with van der Waals surface area (Å²) in [5.74, 6) is 0.664. The van der Waals surface area contributed by atoms with Gasteiger partial charge in [0.2, 0.25) is 5.95 Å². The van der Waals surface area contributed by atoms with Crippen LogP contribution < -0.4 is 5.32 Å². The third-order valence-corrected chi connectivity index (χ3v) is 6.80. The Bertz CT molecular complexity index is 808. The standard InChI is InChI=1S/C14H15Cl2N3O3S/c1-13(6-14(13,15)16)7-23(21)8-3-4-9-10(5-8)18-11(17-9)19-12(20)22-2/h3-5H,6-7H2,1-2H3,(H2,17,18,19,20). The van der Waals surface area contributed by atoms with E-state index in [1.54, 1.807) is 18.2 Å². The van der Waals surface area contributed by atoms with Gasteiger partial charge in [-0.05, 0) is 24.6 Å². The van der Waals surface area contributed by atoms with Gasteiger partial charge in [0.05, 0.1) is 28.9 Å². The van der Waals surface area contributed by atoms with E-state index < -0.39 is 21.2 Å². The molecule has 0 aliphatic heterocycles. The van der Waals surface area contributed by atoms with E-state index in [2.05, 4.69) is 20.0 Å². The Balaban J connectivity index is 1.80. The first-order chi connectivity index (χ1) is 10.7. The summed E-state index contributed by atoms with van der Waals surface area (Å²) in [6.45, 7) is 1.93. The van der Waals surface area contributed by atoms with Gasteiger partial charge in [-0.3, -0.25) is 9.53 Å². The van der Waals surface area contributed by atoms with Crippen LogP contribution in [-0.2, 0) is 15.5 Å². The number of aromatic amines is 1. The minimum Gasteiger partial charge on any atom is -0.453 e. The summed E-state index contributed by atoms with van der Waals surface area (Å²) in [5, 5.41) is 2.45. The lowest BCUT2D eigenvalue weighted by Crippen LogP contribution is -2.14. The number of fused-ring (bicyclic) bond motifs is 1. The van der Waals surface area contributed by atoms with E-state index in [0.717, 1.165) is 0 Å². The molecule has 124 valence electrons. The van der Waals surface area contributed by atoms with Crippen molar-refractivity contribution in [2.75, 3.05) is 18.2 Å². The summed E-state index contributed by atoms with van der Waals surface area (Å²) in [7, 11) is 0.0445. The molecule has 2 atom stereocenters. The van der Waals surface area contributed by atoms with Crippen molar-refractivity contribution in [3.63, 3.8) is 0 Å². The molecule has 1 saturated carbocycles. The summed E-state index contributed by atoms with van der Waals surface area (Å²) in [4.78, 5) is 19.0. The van der Waals surface area contributed by atoms with Crippen molar-refractivity contribution in [1.29, 1.82) is 0 Å². The zero-order valence-corrected chi connectivity index (χ0v) is 14.8. The van der Waals surface area contributed by atoms with Crippen LogP contribution in [-0.4, -0.2) is 37.5 Å². The van der Waals surface area contributed by atoms with E-state index in [0.29, 0.717) is 28.1 Å². The third-order valence-electron chi connectivity index (χ3n) is 3.94. The van der Waals surface area contributed by atoms with E-state index in [4.69, 9.17) is 23.2 Å². The second kappa shape index (κ2) is 5.65. The van der Waals surface area contributed by atoms with Gasteiger partial charge >= 0.3 is 6.09 Å². The van der Waals surface area contributed by atoms with Gasteiger partial charge < -0.3 is 9.72 Å². The van der Waals surface area contributed by atoms with Crippen molar-refractivity contribution in [3.8, 4) is 0 Å². The van der Waals surface area contributed by atoms with Gasteiger partial charge in [-0.25, -0.2) is 9.78 Å². The lowest BCUT2D eigenvalue weighted by Gasteiger charge is -2.11. The molecule has 23 heavy (non-hydrogen) atoms. The number of nitrogens with one attached hydrogen (secondary N) is 2. The maximum Gasteiger partial charge on any atom is 0.413 e. The van der Waals surface area contributed by atoms with Crippen molar-refractivity contribution in [2.45, 2.75) is 22.6 Å². The highest BCUT2D eigenvalue weighted by molar-refractivity contribution is 7.85. The van der Waals surface area contributed by atoms with Crippen molar-refractivity contribution in [2.24, 2.45) is 5.41 Å². The Morgan fingerprint density at radius 1 is 1.52 bits per heavy atom. The normalized spacial score (nSPS) is 23.5. The molecule has 0 spiro atoms. The molecule has 1 aliphatic carbocycles. The molecular weight excluding hydrogens is 361 g/mol. The lowest BCUT2D eigenvalue weighted by atomic mass is 10.2. The quantitative estimate of drug-likeness (QED) is 0.801. The lowest BCUT2D eigenvalue weighted by molar-refractivity contribution is 0.186. The molecule has 2 unspecified atom stereocenters. The zero-order valence-electron chi connectivity index (χ0n) is 12.5. The number of imidazole rings is 1. The number of hydrogen-bond acceptors (Lipinski definition) is 4. The average molecular weight is 376 g/mol. The molecule has 9 heteroatoms. The number of hydrogen-bond donors (Lipinski definition) is 2. The van der Waals surface area contributed by atoms with Crippen molar-refractivity contribution in [1.82, 2.24) is 9.97 Å². The van der Waals surface area contributed by atoms with Crippen LogP contribution >= 0.6 is 23.2 Å². The molecule has 1 heterocycles. The number of H-pyrrole nitrogens is 1. The van der Waals surface area contributed by atoms with Gasteiger partial charge in [0.25, 0.3) is 0 Å². The second-order valence-corrected chi connectivity index (χ2v) is 8.75. The molecule has 1 aliphatic rings. The number of carbonyl (C=O) groups excluding carboxylic acids is 1. The molecule has 2 N–H and O–H groups in total. The van der Waals surface area contributed by atoms with E-state index in [1.807, 2.05) is 6.92 Å². The zero-order chi connectivity index (χ0) is 16.8. The number of aromatic nitrogens is 2. The summed E-state index contributed by atoms with van der Waals surface area (Å²) in [6, 6.07) is 5.24. The highest BCUT2D eigenvalue weighted by atomic mass is 35.5. The molecule has 1 aromatic carbocycles. The number of halogens is 2. The first-order valence-electron chi connectivity index (χ1n) is 6.85. The highest BCUT2D eigenvalue weighted by Gasteiger charge is 2.63. The maximum atomic E-state index is 12.5. The van der Waals surface area contributed by atoms with E-state index >= 15 is 0 Å². The number of methoxy groups -OCH3 is 1. The molecule has 1 fully saturated rings. The van der Waals surface area contributed by atoms with Gasteiger partial charge in [0, 0.05) is 16.1 Å². The first kappa shape index (κ1) is 16.5. The number of carbonyl (C=O) groups is 1. The van der Waals surface area contributed by atoms with Crippen LogP contribution in [0, 0.1) is 5.41 Å². The van der Waals surface area contributed by atoms with Crippen molar-refractivity contribution < 1.29 is 13.7 Å². The van der Waals surface area contributed by atoms with Crippen molar-refractivity contribution >= 4 is 57.1 Å². The Morgan fingerprint density at radius 2 is 2.22 bits per heavy atom. The predicted octanol–water partition coefficient (Wildman–Crippen LogP) is 3.43. The van der Waals surface area contributed by atoms with Gasteiger partial charge in [-0.1, -0.05) is 6.92 Å². The van der Waals surface area contributed by atoms with Crippen LogP contribution in [0.15, 0.2) is 23.1 Å². The van der Waals surface area contributed by atoms with E-state index in [9.17, 15) is 9.00 Å². The average Bonchev–Trinajstić information content (AvgIpc) is 2.82. The second-order valence-electron chi connectivity index (χ2n) is 5.81. The Kier molecular flexibility index (Phi) is 4.06. The number of anilines is 1. The highest BCUT2D eigenvalue weighted by Crippen LogP contribution is 2.64. The summed E-state index contributed by atoms with van der Waals surface area (Å²) in [6.07, 6.45) is 0.0176. The van der Waals surface area contributed by atoms with Gasteiger partial charge in [0.1, 0.15) is 4.33 Å². The van der Waals surface area contributed by atoms with Crippen LogP contribution in [0.3, 0.4) is 0 Å². The molecule has 0 bridgehead atoms. The van der Waals surface area contributed by atoms with Crippen LogP contribution in [0.5, 0.6) is 0 Å². The summed E-state index contributed by atoms with van der Waals surface area (Å²) in [5.41, 5.74) is 0.992. The maximum absolute atomic E-state index is 12.5. The molecule has 0 saturated heterocycles. The van der Waals surface area contributed by atoms with Gasteiger partial charge in [0.15, 0.2) is 0 Å². The fourth-order valence-corrected chi connectivity index (χ4v) is 4.76. The third kappa shape index (κ3) is 3.18. The first-order valence-corrected chi connectivity index (χ1v) is 8.92. The topological polar surface area (TPSA) is 84.1 Å². The summed E-state index contributed by atoms with van der Waals surface area (Å²) < 4.78 is 16.2.